The Morgan fingerprint density at radius 1 is 0.870 bits per heavy atom. The quantitative estimate of drug-likeness (QED) is 0.300. The van der Waals surface area contributed by atoms with Crippen molar-refractivity contribution in [2.24, 2.45) is 0 Å². The number of carbonyl (C=O) groups excluding carboxylic acids is 1. The number of amides is 1. The summed E-state index contributed by atoms with van der Waals surface area (Å²) in [5.41, 5.74) is 2.64. The predicted molar refractivity (Wildman–Crippen MR) is 174 cm³/mol. The highest BCUT2D eigenvalue weighted by Crippen LogP contribution is 2.52. The maximum Gasteiger partial charge on any atom is 0.337 e. The van der Waals surface area contributed by atoms with Gasteiger partial charge in [-0.2, -0.15) is 0 Å². The lowest BCUT2D eigenvalue weighted by Crippen LogP contribution is -2.72. The van der Waals surface area contributed by atoms with E-state index in [1.165, 1.54) is 40.0 Å². The lowest BCUT2D eigenvalue weighted by molar-refractivity contribution is -0.207. The summed E-state index contributed by atoms with van der Waals surface area (Å²) in [4.78, 5) is 47.7. The average Bonchev–Trinajstić information content (AvgIpc) is 3.91. The predicted octanol–water partition coefficient (Wildman–Crippen LogP) is 5.04. The Morgan fingerprint density at radius 3 is 2.28 bits per heavy atom. The monoisotopic (exact) mass is 622 g/mol. The molecule has 1 spiro atoms. The number of piperidine rings is 1. The lowest BCUT2D eigenvalue weighted by Gasteiger charge is -2.53. The van der Waals surface area contributed by atoms with Gasteiger partial charge >= 0.3 is 5.69 Å². The van der Waals surface area contributed by atoms with E-state index in [-0.39, 0.29) is 34.6 Å². The Balaban J connectivity index is 1.11. The molecule has 2 aromatic carbocycles. The summed E-state index contributed by atoms with van der Waals surface area (Å²) >= 11 is 0. The zero-order chi connectivity index (χ0) is 31.6. The van der Waals surface area contributed by atoms with Gasteiger partial charge in [0.05, 0.1) is 17.3 Å². The fourth-order valence-electron chi connectivity index (χ4n) is 8.02. The van der Waals surface area contributed by atoms with Crippen molar-refractivity contribution < 1.29 is 9.18 Å². The normalized spacial score (nSPS) is 23.2. The van der Waals surface area contributed by atoms with Crippen molar-refractivity contribution in [3.63, 3.8) is 0 Å². The number of pyridine rings is 1. The van der Waals surface area contributed by atoms with Gasteiger partial charge in [0.2, 0.25) is 0 Å². The van der Waals surface area contributed by atoms with Crippen LogP contribution < -0.4 is 11.2 Å². The molecule has 0 radical (unpaired) electrons. The Hall–Kier alpha value is -4.15. The van der Waals surface area contributed by atoms with Gasteiger partial charge in [-0.1, -0.05) is 42.8 Å². The highest BCUT2D eigenvalue weighted by Gasteiger charge is 2.66. The Kier molecular flexibility index (Phi) is 7.17. The molecule has 9 nitrogen and oxygen atoms in total. The van der Waals surface area contributed by atoms with E-state index in [1.54, 1.807) is 0 Å². The third-order valence-corrected chi connectivity index (χ3v) is 10.8. The van der Waals surface area contributed by atoms with Crippen LogP contribution in [0.4, 0.5) is 4.39 Å². The van der Waals surface area contributed by atoms with Gasteiger partial charge in [0.1, 0.15) is 11.4 Å². The largest absolute Gasteiger partial charge is 0.337 e. The summed E-state index contributed by atoms with van der Waals surface area (Å²) in [6.45, 7) is 3.23. The maximum atomic E-state index is 14.5. The van der Waals surface area contributed by atoms with E-state index in [0.29, 0.717) is 31.4 Å². The van der Waals surface area contributed by atoms with Crippen LogP contribution in [0.2, 0.25) is 0 Å². The number of hydrogen-bond donors (Lipinski definition) is 0. The molecule has 0 atom stereocenters. The number of likely N-dealkylation sites (tertiary alicyclic amines) is 1. The van der Waals surface area contributed by atoms with Gasteiger partial charge in [-0.25, -0.2) is 23.7 Å². The lowest BCUT2D eigenvalue weighted by atomic mass is 9.89. The minimum Gasteiger partial charge on any atom is -0.299 e. The summed E-state index contributed by atoms with van der Waals surface area (Å²) in [7, 11) is 1.98. The first-order chi connectivity index (χ1) is 22.3. The van der Waals surface area contributed by atoms with Crippen LogP contribution in [-0.4, -0.2) is 66.7 Å². The molecule has 2 saturated carbocycles. The highest BCUT2D eigenvalue weighted by atomic mass is 19.1. The van der Waals surface area contributed by atoms with E-state index in [4.69, 9.17) is 0 Å². The summed E-state index contributed by atoms with van der Waals surface area (Å²) in [5, 5.41) is 4.03. The van der Waals surface area contributed by atoms with Gasteiger partial charge in [0.25, 0.3) is 11.5 Å². The van der Waals surface area contributed by atoms with Gasteiger partial charge in [0.15, 0.2) is 5.65 Å². The van der Waals surface area contributed by atoms with Crippen molar-refractivity contribution in [1.29, 1.82) is 0 Å². The molecular formula is C36H39FN6O3. The topological polar surface area (TPSA) is 83.7 Å². The van der Waals surface area contributed by atoms with Crippen molar-refractivity contribution >= 4 is 16.9 Å². The number of carbonyl (C=O) groups is 1. The molecule has 4 aromatic rings. The SMILES string of the molecule is CN1N([C@H]2CC[C@@H](n3c(=O)c4cc(F)cnc4n(-c4cccc(-c5ccc(CN6CCCCC6)cc5)c4)c3=O)CC2)C(=O)C12CC2. The van der Waals surface area contributed by atoms with Crippen LogP contribution in [0, 0.1) is 5.82 Å². The smallest absolute Gasteiger partial charge is 0.299 e. The van der Waals surface area contributed by atoms with E-state index in [1.807, 2.05) is 36.3 Å². The molecule has 1 amide bonds. The number of hydrazine groups is 1. The van der Waals surface area contributed by atoms with E-state index in [0.717, 1.165) is 49.8 Å². The molecule has 0 N–H and O–H groups in total. The third-order valence-electron chi connectivity index (χ3n) is 10.8. The minimum atomic E-state index is -0.628. The van der Waals surface area contributed by atoms with Crippen molar-refractivity contribution in [2.75, 3.05) is 20.1 Å². The fourth-order valence-corrected chi connectivity index (χ4v) is 8.02. The van der Waals surface area contributed by atoms with Crippen LogP contribution in [0.5, 0.6) is 0 Å². The second kappa shape index (κ2) is 11.3. The molecule has 2 saturated heterocycles. The summed E-state index contributed by atoms with van der Waals surface area (Å²) < 4.78 is 17.2. The number of nitrogens with zero attached hydrogens (tertiary/aromatic N) is 6. The molecule has 0 bridgehead atoms. The molecule has 2 aliphatic heterocycles. The Bertz CT molecular complexity index is 1930. The second-order valence-electron chi connectivity index (χ2n) is 13.6. The zero-order valence-electron chi connectivity index (χ0n) is 26.2. The second-order valence-corrected chi connectivity index (χ2v) is 13.6. The molecule has 4 heterocycles. The van der Waals surface area contributed by atoms with Crippen LogP contribution >= 0.6 is 0 Å². The van der Waals surface area contributed by atoms with Crippen LogP contribution in [-0.2, 0) is 11.3 Å². The van der Waals surface area contributed by atoms with Crippen LogP contribution in [0.3, 0.4) is 0 Å². The van der Waals surface area contributed by atoms with Crippen molar-refractivity contribution in [1.82, 2.24) is 29.0 Å². The van der Waals surface area contributed by atoms with E-state index in [2.05, 4.69) is 39.2 Å². The first kappa shape index (κ1) is 29.3. The molecular weight excluding hydrogens is 583 g/mol. The molecule has 4 fully saturated rings. The zero-order valence-corrected chi connectivity index (χ0v) is 26.2. The van der Waals surface area contributed by atoms with E-state index >= 15 is 0 Å². The molecule has 0 unspecified atom stereocenters. The number of halogens is 1. The molecule has 4 aliphatic rings. The minimum absolute atomic E-state index is 0.0559. The number of hydrogen-bond acceptors (Lipinski definition) is 6. The summed E-state index contributed by atoms with van der Waals surface area (Å²) in [6, 6.07) is 17.1. The first-order valence-corrected chi connectivity index (χ1v) is 16.7. The third kappa shape index (κ3) is 4.81. The fraction of sp³-hybridized carbons (Fsp3) is 0.444. The van der Waals surface area contributed by atoms with E-state index < -0.39 is 17.1 Å². The number of rotatable bonds is 6. The number of benzene rings is 2. The van der Waals surface area contributed by atoms with Gasteiger partial charge < -0.3 is 0 Å². The molecule has 238 valence electrons. The van der Waals surface area contributed by atoms with Gasteiger partial charge in [-0.3, -0.25) is 24.1 Å². The number of fused-ring (bicyclic) bond motifs is 1. The molecule has 10 heteroatoms. The Labute approximate surface area is 266 Å². The van der Waals surface area contributed by atoms with Crippen LogP contribution in [0.1, 0.15) is 69.4 Å². The highest BCUT2D eigenvalue weighted by molar-refractivity contribution is 5.94. The Morgan fingerprint density at radius 2 is 1.59 bits per heavy atom. The summed E-state index contributed by atoms with van der Waals surface area (Å²) in [5.74, 6) is -0.432. The van der Waals surface area contributed by atoms with Gasteiger partial charge in [-0.05, 0) is 99.3 Å². The van der Waals surface area contributed by atoms with Crippen molar-refractivity contribution in [3.05, 3.63) is 93.0 Å². The van der Waals surface area contributed by atoms with Gasteiger partial charge in [0, 0.05) is 25.7 Å². The number of aromatic nitrogens is 3. The molecule has 46 heavy (non-hydrogen) atoms. The van der Waals surface area contributed by atoms with Crippen molar-refractivity contribution in [2.45, 2.75) is 82.0 Å². The molecule has 8 rings (SSSR count). The average molecular weight is 623 g/mol. The molecule has 2 aliphatic carbocycles. The van der Waals surface area contributed by atoms with E-state index in [9.17, 15) is 18.8 Å². The van der Waals surface area contributed by atoms with Crippen LogP contribution in [0.15, 0.2) is 70.4 Å². The molecule has 2 aromatic heterocycles. The number of likely N-dealkylation sites (N-methyl/N-ethyl adjacent to an activating group) is 1. The first-order valence-electron chi connectivity index (χ1n) is 16.7. The van der Waals surface area contributed by atoms with Gasteiger partial charge in [-0.15, -0.1) is 0 Å². The standard InChI is InChI=1S/C36H39FN6O3/c1-39-36(16-17-36)34(45)43(39)29-14-12-28(13-15-29)42-33(44)31-21-27(37)22-38-32(31)41(35(42)46)30-7-5-6-26(20-30)25-10-8-24(9-11-25)23-40-18-3-2-4-19-40/h5-11,20-22,28-29H,2-4,12-19,23H2,1H3/t28-,29+. The maximum absolute atomic E-state index is 14.5. The van der Waals surface area contributed by atoms with Crippen molar-refractivity contribution in [3.8, 4) is 16.8 Å². The summed E-state index contributed by atoms with van der Waals surface area (Å²) in [6.07, 6.45) is 9.21. The van der Waals surface area contributed by atoms with Crippen LogP contribution in [0.25, 0.3) is 27.8 Å².